The van der Waals surface area contributed by atoms with Crippen LogP contribution in [-0.4, -0.2) is 49.4 Å². The van der Waals surface area contributed by atoms with E-state index in [0.29, 0.717) is 41.4 Å². The number of ether oxygens (including phenoxy) is 2. The normalized spacial score (nSPS) is 15.3. The van der Waals surface area contributed by atoms with Gasteiger partial charge in [0.1, 0.15) is 17.5 Å². The maximum atomic E-state index is 13.3. The predicted octanol–water partition coefficient (Wildman–Crippen LogP) is 4.18. The van der Waals surface area contributed by atoms with Crippen molar-refractivity contribution < 1.29 is 28.3 Å². The number of piperidine rings is 1. The van der Waals surface area contributed by atoms with E-state index in [1.165, 1.54) is 25.4 Å². The van der Waals surface area contributed by atoms with Crippen molar-refractivity contribution in [2.75, 3.05) is 31.4 Å². The van der Waals surface area contributed by atoms with E-state index in [0.717, 1.165) is 12.8 Å². The third-order valence-corrected chi connectivity index (χ3v) is 5.86. The predicted molar refractivity (Wildman–Crippen MR) is 130 cm³/mol. The van der Waals surface area contributed by atoms with Crippen molar-refractivity contribution in [2.45, 2.75) is 25.3 Å². The number of likely N-dealkylation sites (tertiary alicyclic amines) is 1. The van der Waals surface area contributed by atoms with Gasteiger partial charge in [-0.1, -0.05) is 18.2 Å². The average Bonchev–Trinajstić information content (AvgIpc) is 3.44. The Hall–Kier alpha value is -4.27. The summed E-state index contributed by atoms with van der Waals surface area (Å²) in [7, 11) is 2.93. The molecule has 182 valence electrons. The van der Waals surface area contributed by atoms with Gasteiger partial charge in [-0.25, -0.2) is 0 Å². The Labute approximate surface area is 203 Å². The summed E-state index contributed by atoms with van der Waals surface area (Å²) in [4.78, 5) is 40.3. The highest BCUT2D eigenvalue weighted by molar-refractivity contribution is 6.06. The largest absolute Gasteiger partial charge is 0.494 e. The SMILES string of the molecule is COc1cc(NC(=O)C2CCCCN2C(=O)c2ccco2)c(OC)cc1NC(=O)c1ccccc1. The topological polar surface area (TPSA) is 110 Å². The zero-order valence-electron chi connectivity index (χ0n) is 19.6. The van der Waals surface area contributed by atoms with Gasteiger partial charge in [-0.05, 0) is 43.5 Å². The van der Waals surface area contributed by atoms with Crippen LogP contribution in [0.1, 0.15) is 40.2 Å². The molecule has 0 radical (unpaired) electrons. The summed E-state index contributed by atoms with van der Waals surface area (Å²) in [5, 5.41) is 5.68. The van der Waals surface area contributed by atoms with E-state index < -0.39 is 6.04 Å². The molecule has 3 aromatic rings. The molecule has 1 atom stereocenters. The van der Waals surface area contributed by atoms with E-state index in [1.54, 1.807) is 48.5 Å². The fraction of sp³-hybridized carbons (Fsp3) is 0.269. The molecule has 4 rings (SSSR count). The molecule has 2 aromatic carbocycles. The maximum Gasteiger partial charge on any atom is 0.290 e. The summed E-state index contributed by atoms with van der Waals surface area (Å²) in [6.45, 7) is 0.461. The molecule has 35 heavy (non-hydrogen) atoms. The number of nitrogens with one attached hydrogen (secondary N) is 2. The van der Waals surface area contributed by atoms with Crippen molar-refractivity contribution in [2.24, 2.45) is 0 Å². The molecule has 9 nitrogen and oxygen atoms in total. The molecule has 9 heteroatoms. The first-order valence-electron chi connectivity index (χ1n) is 11.3. The smallest absolute Gasteiger partial charge is 0.290 e. The molecular formula is C26H27N3O6. The number of rotatable bonds is 7. The second-order valence-electron chi connectivity index (χ2n) is 8.05. The first-order chi connectivity index (χ1) is 17.0. The molecule has 2 heterocycles. The first-order valence-corrected chi connectivity index (χ1v) is 11.3. The Morgan fingerprint density at radius 2 is 1.60 bits per heavy atom. The lowest BCUT2D eigenvalue weighted by atomic mass is 10.0. The first kappa shape index (κ1) is 23.9. The Bertz CT molecular complexity index is 1190. The molecule has 1 fully saturated rings. The van der Waals surface area contributed by atoms with Crippen LogP contribution in [0.15, 0.2) is 65.3 Å². The molecule has 1 unspecified atom stereocenters. The van der Waals surface area contributed by atoms with Crippen LogP contribution in [0.2, 0.25) is 0 Å². The van der Waals surface area contributed by atoms with Gasteiger partial charge in [0.05, 0.1) is 31.9 Å². The second-order valence-corrected chi connectivity index (χ2v) is 8.05. The molecule has 1 aromatic heterocycles. The summed E-state index contributed by atoms with van der Waals surface area (Å²) in [5.41, 5.74) is 1.25. The van der Waals surface area contributed by atoms with Gasteiger partial charge in [-0.3, -0.25) is 14.4 Å². The van der Waals surface area contributed by atoms with Gasteiger partial charge < -0.3 is 29.4 Å². The van der Waals surface area contributed by atoms with Crippen molar-refractivity contribution in [3.05, 3.63) is 72.2 Å². The zero-order valence-corrected chi connectivity index (χ0v) is 19.6. The minimum absolute atomic E-state index is 0.197. The molecule has 1 aliphatic rings. The van der Waals surface area contributed by atoms with Gasteiger partial charge in [-0.15, -0.1) is 0 Å². The number of carbonyl (C=O) groups is 3. The molecule has 1 saturated heterocycles. The van der Waals surface area contributed by atoms with Crippen LogP contribution in [0.3, 0.4) is 0 Å². The molecule has 0 bridgehead atoms. The lowest BCUT2D eigenvalue weighted by Crippen LogP contribution is -2.50. The fourth-order valence-corrected chi connectivity index (χ4v) is 4.08. The van der Waals surface area contributed by atoms with Crippen LogP contribution >= 0.6 is 0 Å². The quantitative estimate of drug-likeness (QED) is 0.528. The molecular weight excluding hydrogens is 450 g/mol. The number of carbonyl (C=O) groups excluding carboxylic acids is 3. The lowest BCUT2D eigenvalue weighted by molar-refractivity contribution is -0.121. The van der Waals surface area contributed by atoms with E-state index in [9.17, 15) is 14.4 Å². The lowest BCUT2D eigenvalue weighted by Gasteiger charge is -2.34. The van der Waals surface area contributed by atoms with Crippen molar-refractivity contribution in [1.82, 2.24) is 4.90 Å². The third kappa shape index (κ3) is 5.29. The van der Waals surface area contributed by atoms with Gasteiger partial charge in [-0.2, -0.15) is 0 Å². The molecule has 0 saturated carbocycles. The molecule has 3 amide bonds. The summed E-state index contributed by atoms with van der Waals surface area (Å²) < 4.78 is 16.2. The van der Waals surface area contributed by atoms with E-state index in [4.69, 9.17) is 13.9 Å². The Kier molecular flexibility index (Phi) is 7.35. The van der Waals surface area contributed by atoms with Gasteiger partial charge in [0.15, 0.2) is 5.76 Å². The highest BCUT2D eigenvalue weighted by Gasteiger charge is 2.34. The zero-order chi connectivity index (χ0) is 24.8. The Morgan fingerprint density at radius 3 is 2.23 bits per heavy atom. The van der Waals surface area contributed by atoms with Crippen LogP contribution in [0.25, 0.3) is 0 Å². The number of furan rings is 1. The maximum absolute atomic E-state index is 13.3. The van der Waals surface area contributed by atoms with Crippen molar-refractivity contribution in [3.8, 4) is 11.5 Å². The van der Waals surface area contributed by atoms with Gasteiger partial charge in [0, 0.05) is 24.2 Å². The van der Waals surface area contributed by atoms with E-state index >= 15 is 0 Å². The van der Waals surface area contributed by atoms with Crippen LogP contribution in [-0.2, 0) is 4.79 Å². The number of methoxy groups -OCH3 is 2. The van der Waals surface area contributed by atoms with E-state index in [-0.39, 0.29) is 23.5 Å². The Balaban J connectivity index is 1.55. The van der Waals surface area contributed by atoms with Crippen molar-refractivity contribution >= 4 is 29.1 Å². The highest BCUT2D eigenvalue weighted by atomic mass is 16.5. The third-order valence-electron chi connectivity index (χ3n) is 5.86. The number of benzene rings is 2. The number of amides is 3. The van der Waals surface area contributed by atoms with Crippen LogP contribution in [0, 0.1) is 0 Å². The van der Waals surface area contributed by atoms with Crippen molar-refractivity contribution in [1.29, 1.82) is 0 Å². The molecule has 1 aliphatic heterocycles. The van der Waals surface area contributed by atoms with Crippen molar-refractivity contribution in [3.63, 3.8) is 0 Å². The number of hydrogen-bond acceptors (Lipinski definition) is 6. The van der Waals surface area contributed by atoms with Crippen LogP contribution in [0.4, 0.5) is 11.4 Å². The summed E-state index contributed by atoms with van der Waals surface area (Å²) >= 11 is 0. The van der Waals surface area contributed by atoms with E-state index in [1.807, 2.05) is 6.07 Å². The van der Waals surface area contributed by atoms with E-state index in [2.05, 4.69) is 10.6 Å². The minimum Gasteiger partial charge on any atom is -0.494 e. The Morgan fingerprint density at radius 1 is 0.914 bits per heavy atom. The van der Waals surface area contributed by atoms with Gasteiger partial charge >= 0.3 is 0 Å². The fourth-order valence-electron chi connectivity index (χ4n) is 4.08. The van der Waals surface area contributed by atoms with Gasteiger partial charge in [0.25, 0.3) is 11.8 Å². The summed E-state index contributed by atoms with van der Waals surface area (Å²) in [6, 6.07) is 14.5. The monoisotopic (exact) mass is 477 g/mol. The molecule has 0 aliphatic carbocycles. The number of nitrogens with zero attached hydrogens (tertiary/aromatic N) is 1. The highest BCUT2D eigenvalue weighted by Crippen LogP contribution is 2.37. The van der Waals surface area contributed by atoms with Crippen LogP contribution in [0.5, 0.6) is 11.5 Å². The summed E-state index contributed by atoms with van der Waals surface area (Å²) in [5.74, 6) is -0.0938. The second kappa shape index (κ2) is 10.8. The minimum atomic E-state index is -0.658. The molecule has 0 spiro atoms. The number of anilines is 2. The van der Waals surface area contributed by atoms with Crippen LogP contribution < -0.4 is 20.1 Å². The number of hydrogen-bond donors (Lipinski definition) is 2. The summed E-state index contributed by atoms with van der Waals surface area (Å²) in [6.07, 6.45) is 3.60. The molecule has 2 N–H and O–H groups in total. The standard InChI is InChI=1S/C26H27N3O6/c1-33-22-16-19(23(34-2)15-18(22)27-24(30)17-9-4-3-5-10-17)28-25(31)20-11-6-7-13-29(20)26(32)21-12-8-14-35-21/h3-5,8-10,12,14-16,20H,6-7,11,13H2,1-2H3,(H,27,30)(H,28,31). The van der Waals surface area contributed by atoms with Gasteiger partial charge in [0.2, 0.25) is 5.91 Å². The average molecular weight is 478 g/mol.